The van der Waals surface area contributed by atoms with Gasteiger partial charge in [0, 0.05) is 24.3 Å². The molecule has 132 valence electrons. The van der Waals surface area contributed by atoms with Crippen LogP contribution < -0.4 is 10.6 Å². The van der Waals surface area contributed by atoms with E-state index < -0.39 is 0 Å². The number of benzene rings is 3. The van der Waals surface area contributed by atoms with Crippen molar-refractivity contribution in [1.82, 2.24) is 5.32 Å². The van der Waals surface area contributed by atoms with Gasteiger partial charge in [-0.15, -0.1) is 0 Å². The first kappa shape index (κ1) is 17.7. The molecule has 0 spiro atoms. The monoisotopic (exact) mass is 348 g/mol. The molecule has 0 aromatic heterocycles. The minimum atomic E-state index is -0.259. The van der Waals surface area contributed by atoms with E-state index in [1.165, 1.54) is 11.6 Å². The van der Waals surface area contributed by atoms with Crippen molar-refractivity contribution in [2.75, 3.05) is 11.9 Å². The summed E-state index contributed by atoms with van der Waals surface area (Å²) in [6, 6.07) is 23.9. The van der Waals surface area contributed by atoms with Crippen LogP contribution in [0.5, 0.6) is 0 Å². The summed E-state index contributed by atoms with van der Waals surface area (Å²) in [4.78, 5) is 12.5. The zero-order valence-electron chi connectivity index (χ0n) is 14.4. The number of amides is 1. The highest BCUT2D eigenvalue weighted by molar-refractivity contribution is 5.99. The summed E-state index contributed by atoms with van der Waals surface area (Å²) in [5, 5.41) is 6.10. The molecule has 0 radical (unpaired) electrons. The van der Waals surface area contributed by atoms with E-state index in [0.29, 0.717) is 29.9 Å². The second kappa shape index (κ2) is 8.81. The Hall–Kier alpha value is -3.14. The third-order valence-electron chi connectivity index (χ3n) is 4.14. The van der Waals surface area contributed by atoms with E-state index in [4.69, 9.17) is 0 Å². The van der Waals surface area contributed by atoms with Gasteiger partial charge in [0.15, 0.2) is 0 Å². The largest absolute Gasteiger partial charge is 0.380 e. The average Bonchev–Trinajstić information content (AvgIpc) is 2.68. The van der Waals surface area contributed by atoms with Crippen molar-refractivity contribution in [3.8, 4) is 0 Å². The summed E-state index contributed by atoms with van der Waals surface area (Å²) in [5.41, 5.74) is 2.98. The van der Waals surface area contributed by atoms with Gasteiger partial charge in [0.05, 0.1) is 5.56 Å². The van der Waals surface area contributed by atoms with Gasteiger partial charge in [0.1, 0.15) is 5.82 Å². The van der Waals surface area contributed by atoms with Crippen LogP contribution in [-0.4, -0.2) is 12.5 Å². The Bertz CT molecular complexity index is 865. The van der Waals surface area contributed by atoms with Gasteiger partial charge in [-0.05, 0) is 30.2 Å². The molecule has 0 aliphatic carbocycles. The van der Waals surface area contributed by atoms with Gasteiger partial charge in [0.2, 0.25) is 0 Å². The second-order valence-corrected chi connectivity index (χ2v) is 5.98. The van der Waals surface area contributed by atoms with Crippen molar-refractivity contribution in [3.05, 3.63) is 101 Å². The van der Waals surface area contributed by atoms with Crippen molar-refractivity contribution in [1.29, 1.82) is 0 Å². The van der Waals surface area contributed by atoms with Gasteiger partial charge in [-0.3, -0.25) is 4.79 Å². The molecule has 0 unspecified atom stereocenters. The minimum Gasteiger partial charge on any atom is -0.380 e. The SMILES string of the molecule is O=C(NCCc1ccccc1)c1ccccc1NCc1ccccc1F. The maximum atomic E-state index is 13.8. The summed E-state index contributed by atoms with van der Waals surface area (Å²) in [5.74, 6) is -0.401. The number of halogens is 1. The number of carbonyl (C=O) groups is 1. The molecule has 0 heterocycles. The molecule has 4 heteroatoms. The van der Waals surface area contributed by atoms with E-state index in [2.05, 4.69) is 10.6 Å². The standard InChI is InChI=1S/C22H21FN2O/c23-20-12-6-4-10-18(20)16-25-21-13-7-5-11-19(21)22(26)24-15-14-17-8-2-1-3-9-17/h1-13,25H,14-16H2,(H,24,26). The van der Waals surface area contributed by atoms with Crippen LogP contribution >= 0.6 is 0 Å². The van der Waals surface area contributed by atoms with Gasteiger partial charge in [-0.1, -0.05) is 60.7 Å². The fraction of sp³-hybridized carbons (Fsp3) is 0.136. The van der Waals surface area contributed by atoms with Crippen LogP contribution in [0.25, 0.3) is 0 Å². The molecular formula is C22H21FN2O. The van der Waals surface area contributed by atoms with Crippen LogP contribution in [0, 0.1) is 5.82 Å². The predicted octanol–water partition coefficient (Wildman–Crippen LogP) is 4.41. The number of hydrogen-bond donors (Lipinski definition) is 2. The number of carbonyl (C=O) groups excluding carboxylic acids is 1. The van der Waals surface area contributed by atoms with E-state index in [0.717, 1.165) is 6.42 Å². The lowest BCUT2D eigenvalue weighted by molar-refractivity contribution is 0.0955. The third kappa shape index (κ3) is 4.70. The fourth-order valence-corrected chi connectivity index (χ4v) is 2.73. The zero-order chi connectivity index (χ0) is 18.2. The molecule has 3 rings (SSSR count). The Balaban J connectivity index is 1.61. The Morgan fingerprint density at radius 1 is 0.846 bits per heavy atom. The molecule has 0 atom stereocenters. The topological polar surface area (TPSA) is 41.1 Å². The molecule has 0 saturated heterocycles. The zero-order valence-corrected chi connectivity index (χ0v) is 14.4. The summed E-state index contributed by atoms with van der Waals surface area (Å²) in [6.45, 7) is 0.880. The Morgan fingerprint density at radius 3 is 2.35 bits per heavy atom. The molecule has 3 nitrogen and oxygen atoms in total. The molecule has 0 bridgehead atoms. The van der Waals surface area contributed by atoms with Crippen molar-refractivity contribution < 1.29 is 9.18 Å². The van der Waals surface area contributed by atoms with Crippen molar-refractivity contribution in [2.45, 2.75) is 13.0 Å². The van der Waals surface area contributed by atoms with Crippen molar-refractivity contribution in [3.63, 3.8) is 0 Å². The van der Waals surface area contributed by atoms with Gasteiger partial charge in [-0.25, -0.2) is 4.39 Å². The maximum Gasteiger partial charge on any atom is 0.253 e. The second-order valence-electron chi connectivity index (χ2n) is 5.98. The van der Waals surface area contributed by atoms with Crippen molar-refractivity contribution >= 4 is 11.6 Å². The van der Waals surface area contributed by atoms with Gasteiger partial charge in [0.25, 0.3) is 5.91 Å². The lowest BCUT2D eigenvalue weighted by Gasteiger charge is -2.13. The first-order valence-corrected chi connectivity index (χ1v) is 8.62. The van der Waals surface area contributed by atoms with Crippen molar-refractivity contribution in [2.24, 2.45) is 0 Å². The van der Waals surface area contributed by atoms with Gasteiger partial charge in [-0.2, -0.15) is 0 Å². The van der Waals surface area contributed by atoms with E-state index in [9.17, 15) is 9.18 Å². The smallest absolute Gasteiger partial charge is 0.253 e. The fourth-order valence-electron chi connectivity index (χ4n) is 2.73. The minimum absolute atomic E-state index is 0.141. The summed E-state index contributed by atoms with van der Waals surface area (Å²) < 4.78 is 13.8. The highest BCUT2D eigenvalue weighted by Crippen LogP contribution is 2.17. The molecule has 26 heavy (non-hydrogen) atoms. The van der Waals surface area contributed by atoms with Crippen LogP contribution in [0.1, 0.15) is 21.5 Å². The summed E-state index contributed by atoms with van der Waals surface area (Å²) in [7, 11) is 0. The molecule has 0 aliphatic heterocycles. The summed E-state index contributed by atoms with van der Waals surface area (Å²) >= 11 is 0. The van der Waals surface area contributed by atoms with E-state index >= 15 is 0 Å². The van der Waals surface area contributed by atoms with E-state index in [1.807, 2.05) is 48.5 Å². The quantitative estimate of drug-likeness (QED) is 0.664. The molecule has 1 amide bonds. The Kier molecular flexibility index (Phi) is 5.99. The summed E-state index contributed by atoms with van der Waals surface area (Å²) in [6.07, 6.45) is 0.775. The lowest BCUT2D eigenvalue weighted by atomic mass is 10.1. The molecular weight excluding hydrogens is 327 g/mol. The molecule has 3 aromatic rings. The van der Waals surface area contributed by atoms with E-state index in [-0.39, 0.29) is 11.7 Å². The lowest BCUT2D eigenvalue weighted by Crippen LogP contribution is -2.26. The van der Waals surface area contributed by atoms with E-state index in [1.54, 1.807) is 24.3 Å². The van der Waals surface area contributed by atoms with Gasteiger partial charge >= 0.3 is 0 Å². The Labute approximate surface area is 152 Å². The molecule has 0 fully saturated rings. The molecule has 2 N–H and O–H groups in total. The predicted molar refractivity (Wildman–Crippen MR) is 103 cm³/mol. The van der Waals surface area contributed by atoms with Crippen LogP contribution in [-0.2, 0) is 13.0 Å². The highest BCUT2D eigenvalue weighted by atomic mass is 19.1. The van der Waals surface area contributed by atoms with Crippen LogP contribution in [0.3, 0.4) is 0 Å². The first-order valence-electron chi connectivity index (χ1n) is 8.62. The number of rotatable bonds is 7. The number of hydrogen-bond acceptors (Lipinski definition) is 2. The van der Waals surface area contributed by atoms with Crippen LogP contribution in [0.15, 0.2) is 78.9 Å². The molecule has 0 aliphatic rings. The molecule has 3 aromatic carbocycles. The van der Waals surface area contributed by atoms with Crippen LogP contribution in [0.4, 0.5) is 10.1 Å². The Morgan fingerprint density at radius 2 is 1.54 bits per heavy atom. The maximum absolute atomic E-state index is 13.8. The highest BCUT2D eigenvalue weighted by Gasteiger charge is 2.11. The number of para-hydroxylation sites is 1. The number of anilines is 1. The molecule has 0 saturated carbocycles. The number of nitrogens with one attached hydrogen (secondary N) is 2. The van der Waals surface area contributed by atoms with Gasteiger partial charge < -0.3 is 10.6 Å². The average molecular weight is 348 g/mol. The van der Waals surface area contributed by atoms with Crippen LogP contribution in [0.2, 0.25) is 0 Å². The normalized spacial score (nSPS) is 10.3. The first-order chi connectivity index (χ1) is 12.7. The third-order valence-corrected chi connectivity index (χ3v) is 4.14.